The average molecular weight is 490 g/mol. The van der Waals surface area contributed by atoms with Crippen molar-refractivity contribution in [2.75, 3.05) is 12.3 Å². The van der Waals surface area contributed by atoms with Gasteiger partial charge in [0.15, 0.2) is 5.16 Å². The first-order valence-corrected chi connectivity index (χ1v) is 13.5. The summed E-state index contributed by atoms with van der Waals surface area (Å²) < 4.78 is 1.68. The summed E-state index contributed by atoms with van der Waals surface area (Å²) in [6.07, 6.45) is 3.82. The van der Waals surface area contributed by atoms with Crippen molar-refractivity contribution in [3.63, 3.8) is 0 Å². The average Bonchev–Trinajstić information content (AvgIpc) is 3.21. The molecule has 1 aliphatic carbocycles. The standard InChI is InChI=1S/C27H27N3O2S2/c1-18-12-13-21-22(16-18)34-25-24(21)26(32)30(20-10-6-3-7-11-20)27(29-25)33-17-23(31)28-15-14-19-8-4-2-5-9-19/h2-11,18H,12-17H2,1H3,(H,28,31)/t18-/m0/s1. The van der Waals surface area contributed by atoms with E-state index in [0.717, 1.165) is 41.6 Å². The highest BCUT2D eigenvalue weighted by atomic mass is 32.2. The van der Waals surface area contributed by atoms with Gasteiger partial charge in [0.25, 0.3) is 5.56 Å². The van der Waals surface area contributed by atoms with Crippen molar-refractivity contribution < 1.29 is 4.79 Å². The second kappa shape index (κ2) is 10.2. The number of hydrogen-bond acceptors (Lipinski definition) is 5. The summed E-state index contributed by atoms with van der Waals surface area (Å²) >= 11 is 2.96. The van der Waals surface area contributed by atoms with Gasteiger partial charge in [-0.15, -0.1) is 11.3 Å². The smallest absolute Gasteiger partial charge is 0.267 e. The molecule has 7 heteroatoms. The summed E-state index contributed by atoms with van der Waals surface area (Å²) in [6.45, 7) is 2.85. The minimum Gasteiger partial charge on any atom is -0.355 e. The molecule has 0 unspecified atom stereocenters. The number of aryl methyl sites for hydroxylation is 1. The van der Waals surface area contributed by atoms with Crippen LogP contribution in [0.15, 0.2) is 70.6 Å². The molecule has 34 heavy (non-hydrogen) atoms. The molecule has 0 aliphatic heterocycles. The van der Waals surface area contributed by atoms with Crippen LogP contribution in [-0.4, -0.2) is 27.8 Å². The first-order valence-electron chi connectivity index (χ1n) is 11.7. The molecular formula is C27H27N3O2S2. The number of para-hydroxylation sites is 1. The Kier molecular flexibility index (Phi) is 6.83. The number of amides is 1. The first kappa shape index (κ1) is 22.9. The van der Waals surface area contributed by atoms with Gasteiger partial charge in [-0.2, -0.15) is 0 Å². The molecule has 5 nitrogen and oxygen atoms in total. The molecule has 4 aromatic rings. The topological polar surface area (TPSA) is 64.0 Å². The third-order valence-electron chi connectivity index (χ3n) is 6.22. The van der Waals surface area contributed by atoms with E-state index in [-0.39, 0.29) is 17.2 Å². The van der Waals surface area contributed by atoms with Crippen molar-refractivity contribution in [1.82, 2.24) is 14.9 Å². The molecule has 0 bridgehead atoms. The molecule has 0 fully saturated rings. The molecule has 1 aliphatic rings. The maximum Gasteiger partial charge on any atom is 0.267 e. The summed E-state index contributed by atoms with van der Waals surface area (Å²) in [4.78, 5) is 33.3. The number of carbonyl (C=O) groups excluding carboxylic acids is 1. The van der Waals surface area contributed by atoms with Gasteiger partial charge in [-0.3, -0.25) is 14.2 Å². The van der Waals surface area contributed by atoms with Crippen LogP contribution in [0.2, 0.25) is 0 Å². The number of thioether (sulfide) groups is 1. The fourth-order valence-corrected chi connectivity index (χ4v) is 6.71. The van der Waals surface area contributed by atoms with Crippen LogP contribution in [0.3, 0.4) is 0 Å². The molecule has 2 aromatic heterocycles. The van der Waals surface area contributed by atoms with Gasteiger partial charge in [0.05, 0.1) is 16.8 Å². The van der Waals surface area contributed by atoms with E-state index in [1.165, 1.54) is 27.8 Å². The van der Waals surface area contributed by atoms with Gasteiger partial charge in [-0.05, 0) is 54.9 Å². The van der Waals surface area contributed by atoms with Gasteiger partial charge in [0.1, 0.15) is 4.83 Å². The maximum atomic E-state index is 13.8. The molecule has 1 amide bonds. The third kappa shape index (κ3) is 4.81. The Bertz CT molecular complexity index is 1360. The second-order valence-electron chi connectivity index (χ2n) is 8.78. The number of nitrogens with zero attached hydrogens (tertiary/aromatic N) is 2. The van der Waals surface area contributed by atoms with E-state index in [1.807, 2.05) is 48.5 Å². The van der Waals surface area contributed by atoms with E-state index in [1.54, 1.807) is 15.9 Å². The highest BCUT2D eigenvalue weighted by molar-refractivity contribution is 7.99. The zero-order valence-electron chi connectivity index (χ0n) is 19.1. The number of benzene rings is 2. The Morgan fingerprint density at radius 1 is 1.15 bits per heavy atom. The van der Waals surface area contributed by atoms with E-state index in [2.05, 4.69) is 24.4 Å². The maximum absolute atomic E-state index is 13.8. The highest BCUT2D eigenvalue weighted by Gasteiger charge is 2.25. The highest BCUT2D eigenvalue weighted by Crippen LogP contribution is 2.37. The van der Waals surface area contributed by atoms with Crippen LogP contribution in [0.1, 0.15) is 29.3 Å². The number of carbonyl (C=O) groups is 1. The van der Waals surface area contributed by atoms with Crippen molar-refractivity contribution in [3.05, 3.63) is 87.0 Å². The van der Waals surface area contributed by atoms with Crippen LogP contribution < -0.4 is 10.9 Å². The van der Waals surface area contributed by atoms with Crippen molar-refractivity contribution in [1.29, 1.82) is 0 Å². The van der Waals surface area contributed by atoms with Crippen LogP contribution in [0.25, 0.3) is 15.9 Å². The van der Waals surface area contributed by atoms with Gasteiger partial charge >= 0.3 is 0 Å². The number of hydrogen-bond donors (Lipinski definition) is 1. The second-order valence-corrected chi connectivity index (χ2v) is 10.8. The Labute approximate surface area is 207 Å². The zero-order chi connectivity index (χ0) is 23.5. The molecule has 1 N–H and O–H groups in total. The van der Waals surface area contributed by atoms with E-state index < -0.39 is 0 Å². The summed E-state index contributed by atoms with van der Waals surface area (Å²) in [5.41, 5.74) is 3.11. The summed E-state index contributed by atoms with van der Waals surface area (Å²) in [5, 5.41) is 4.31. The van der Waals surface area contributed by atoms with Crippen molar-refractivity contribution >= 4 is 39.2 Å². The lowest BCUT2D eigenvalue weighted by molar-refractivity contribution is -0.118. The van der Waals surface area contributed by atoms with Crippen molar-refractivity contribution in [2.45, 2.75) is 37.8 Å². The van der Waals surface area contributed by atoms with Crippen LogP contribution in [-0.2, 0) is 24.1 Å². The SMILES string of the molecule is C[C@H]1CCc2c(sc3nc(SCC(=O)NCCc4ccccc4)n(-c4ccccc4)c(=O)c23)C1. The molecule has 174 valence electrons. The molecule has 2 aromatic carbocycles. The molecule has 0 saturated heterocycles. The molecule has 5 rings (SSSR count). The lowest BCUT2D eigenvalue weighted by Gasteiger charge is -2.17. The lowest BCUT2D eigenvalue weighted by atomic mass is 9.89. The molecular weight excluding hydrogens is 462 g/mol. The minimum absolute atomic E-state index is 0.0322. The monoisotopic (exact) mass is 489 g/mol. The van der Waals surface area contributed by atoms with E-state index in [0.29, 0.717) is 17.6 Å². The minimum atomic E-state index is -0.0609. The van der Waals surface area contributed by atoms with E-state index in [9.17, 15) is 9.59 Å². The molecule has 0 saturated carbocycles. The lowest BCUT2D eigenvalue weighted by Crippen LogP contribution is -2.28. The van der Waals surface area contributed by atoms with Crippen molar-refractivity contribution in [2.24, 2.45) is 5.92 Å². The number of rotatable bonds is 7. The Balaban J connectivity index is 1.40. The largest absolute Gasteiger partial charge is 0.355 e. The predicted octanol–water partition coefficient (Wildman–Crippen LogP) is 5.02. The van der Waals surface area contributed by atoms with Gasteiger partial charge in [-0.1, -0.05) is 67.2 Å². The van der Waals surface area contributed by atoms with Crippen molar-refractivity contribution in [3.8, 4) is 5.69 Å². The molecule has 0 radical (unpaired) electrons. The van der Waals surface area contributed by atoms with E-state index in [4.69, 9.17) is 4.98 Å². The van der Waals surface area contributed by atoms with Gasteiger partial charge in [-0.25, -0.2) is 4.98 Å². The van der Waals surface area contributed by atoms with Gasteiger partial charge in [0, 0.05) is 11.4 Å². The number of nitrogens with one attached hydrogen (secondary N) is 1. The number of aromatic nitrogens is 2. The summed E-state index contributed by atoms with van der Waals surface area (Å²) in [5.74, 6) is 0.779. The molecule has 2 heterocycles. The van der Waals surface area contributed by atoms with Crippen LogP contribution in [0.5, 0.6) is 0 Å². The molecule has 1 atom stereocenters. The number of fused-ring (bicyclic) bond motifs is 3. The van der Waals surface area contributed by atoms with Crippen LogP contribution in [0, 0.1) is 5.92 Å². The predicted molar refractivity (Wildman–Crippen MR) is 140 cm³/mol. The Hall–Kier alpha value is -2.90. The Morgan fingerprint density at radius 2 is 1.88 bits per heavy atom. The Morgan fingerprint density at radius 3 is 2.65 bits per heavy atom. The first-order chi connectivity index (χ1) is 16.6. The van der Waals surface area contributed by atoms with Crippen LogP contribution >= 0.6 is 23.1 Å². The van der Waals surface area contributed by atoms with E-state index >= 15 is 0 Å². The quantitative estimate of drug-likeness (QED) is 0.292. The summed E-state index contributed by atoms with van der Waals surface area (Å²) in [7, 11) is 0. The normalized spacial score (nSPS) is 15.3. The fraction of sp³-hybridized carbons (Fsp3) is 0.296. The third-order valence-corrected chi connectivity index (χ3v) is 8.31. The summed E-state index contributed by atoms with van der Waals surface area (Å²) in [6, 6.07) is 19.7. The van der Waals surface area contributed by atoms with Gasteiger partial charge < -0.3 is 5.32 Å². The van der Waals surface area contributed by atoms with Crippen LogP contribution in [0.4, 0.5) is 0 Å². The number of thiophene rings is 1. The fourth-order valence-electron chi connectivity index (χ4n) is 4.44. The zero-order valence-corrected chi connectivity index (χ0v) is 20.8. The van der Waals surface area contributed by atoms with Gasteiger partial charge in [0.2, 0.25) is 5.91 Å². The molecule has 0 spiro atoms.